The highest BCUT2D eigenvalue weighted by atomic mass is 32.2. The maximum atomic E-state index is 12.0. The smallest absolute Gasteiger partial charge is 0.246 e. The van der Waals surface area contributed by atoms with Crippen LogP contribution < -0.4 is 0 Å². The number of aliphatic hydroxyl groups is 1. The summed E-state index contributed by atoms with van der Waals surface area (Å²) in [7, 11) is -0.500. The van der Waals surface area contributed by atoms with Gasteiger partial charge in [-0.25, -0.2) is 12.7 Å². The number of aliphatic hydroxyl groups excluding tert-OH is 1. The lowest BCUT2D eigenvalue weighted by Gasteiger charge is -2.11. The van der Waals surface area contributed by atoms with Crippen molar-refractivity contribution in [2.75, 3.05) is 20.7 Å². The monoisotopic (exact) mass is 247 g/mol. The number of sulfonamides is 1. The van der Waals surface area contributed by atoms with E-state index in [4.69, 9.17) is 5.11 Å². The van der Waals surface area contributed by atoms with Crippen LogP contribution in [0.2, 0.25) is 0 Å². The van der Waals surface area contributed by atoms with Crippen molar-refractivity contribution in [2.45, 2.75) is 25.3 Å². The van der Waals surface area contributed by atoms with Gasteiger partial charge in [-0.1, -0.05) is 0 Å². The van der Waals surface area contributed by atoms with Crippen LogP contribution in [-0.2, 0) is 16.6 Å². The van der Waals surface area contributed by atoms with Crippen LogP contribution in [-0.4, -0.2) is 48.3 Å². The fourth-order valence-electron chi connectivity index (χ4n) is 1.55. The molecule has 0 aliphatic heterocycles. The maximum Gasteiger partial charge on any atom is 0.246 e. The lowest BCUT2D eigenvalue weighted by molar-refractivity contribution is 0.267. The third kappa shape index (κ3) is 2.11. The van der Waals surface area contributed by atoms with Crippen molar-refractivity contribution in [3.8, 4) is 0 Å². The van der Waals surface area contributed by atoms with Crippen molar-refractivity contribution in [1.29, 1.82) is 0 Å². The first-order valence-electron chi connectivity index (χ1n) is 4.89. The standard InChI is InChI=1S/C9H17N3O3S/c1-7-9(16(14,15)11(3)4)8(2)12(10-7)5-6-13/h13H,5-6H2,1-4H3. The van der Waals surface area contributed by atoms with Crippen LogP contribution in [0.3, 0.4) is 0 Å². The van der Waals surface area contributed by atoms with Gasteiger partial charge < -0.3 is 5.11 Å². The zero-order valence-electron chi connectivity index (χ0n) is 9.93. The van der Waals surface area contributed by atoms with Gasteiger partial charge in [-0.3, -0.25) is 4.68 Å². The molecule has 1 aromatic heterocycles. The van der Waals surface area contributed by atoms with E-state index >= 15 is 0 Å². The van der Waals surface area contributed by atoms with Crippen molar-refractivity contribution < 1.29 is 13.5 Å². The van der Waals surface area contributed by atoms with Gasteiger partial charge in [0.05, 0.1) is 24.5 Å². The molecular formula is C9H17N3O3S. The Balaban J connectivity index is 3.36. The topological polar surface area (TPSA) is 75.4 Å². The van der Waals surface area contributed by atoms with E-state index in [9.17, 15) is 8.42 Å². The molecule has 16 heavy (non-hydrogen) atoms. The molecular weight excluding hydrogens is 230 g/mol. The molecule has 0 spiro atoms. The summed E-state index contributed by atoms with van der Waals surface area (Å²) < 4.78 is 26.7. The molecule has 1 aromatic rings. The minimum absolute atomic E-state index is 0.0661. The number of nitrogens with zero attached hydrogens (tertiary/aromatic N) is 3. The van der Waals surface area contributed by atoms with Gasteiger partial charge in [0.1, 0.15) is 4.90 Å². The molecule has 0 bridgehead atoms. The summed E-state index contributed by atoms with van der Waals surface area (Å²) in [5, 5.41) is 12.9. The highest BCUT2D eigenvalue weighted by Crippen LogP contribution is 2.21. The number of rotatable bonds is 4. The van der Waals surface area contributed by atoms with E-state index in [2.05, 4.69) is 5.10 Å². The third-order valence-electron chi connectivity index (χ3n) is 2.37. The molecule has 6 nitrogen and oxygen atoms in total. The van der Waals surface area contributed by atoms with Gasteiger partial charge in [0, 0.05) is 14.1 Å². The SMILES string of the molecule is Cc1nn(CCO)c(C)c1S(=O)(=O)N(C)C. The minimum Gasteiger partial charge on any atom is -0.394 e. The molecule has 7 heteroatoms. The largest absolute Gasteiger partial charge is 0.394 e. The Labute approximate surface area is 95.5 Å². The van der Waals surface area contributed by atoms with Crippen molar-refractivity contribution in [2.24, 2.45) is 0 Å². The summed E-state index contributed by atoms with van der Waals surface area (Å²) in [6, 6.07) is 0. The first-order chi connectivity index (χ1) is 7.32. The van der Waals surface area contributed by atoms with E-state index in [1.807, 2.05) is 0 Å². The Morgan fingerprint density at radius 2 is 1.94 bits per heavy atom. The summed E-state index contributed by atoms with van der Waals surface area (Å²) in [6.07, 6.45) is 0. The quantitative estimate of drug-likeness (QED) is 0.795. The summed E-state index contributed by atoms with van der Waals surface area (Å²) in [4.78, 5) is 0.228. The summed E-state index contributed by atoms with van der Waals surface area (Å²) in [6.45, 7) is 3.57. The van der Waals surface area contributed by atoms with Crippen molar-refractivity contribution in [1.82, 2.24) is 14.1 Å². The molecule has 0 aliphatic carbocycles. The molecule has 0 aliphatic rings. The molecule has 0 fully saturated rings. The van der Waals surface area contributed by atoms with Gasteiger partial charge in [0.15, 0.2) is 0 Å². The maximum absolute atomic E-state index is 12.0. The highest BCUT2D eigenvalue weighted by molar-refractivity contribution is 7.89. The third-order valence-corrected chi connectivity index (χ3v) is 4.43. The van der Waals surface area contributed by atoms with Crippen LogP contribution in [0.1, 0.15) is 11.4 Å². The molecule has 92 valence electrons. The first-order valence-corrected chi connectivity index (χ1v) is 6.33. The van der Waals surface area contributed by atoms with Crippen molar-refractivity contribution in [3.63, 3.8) is 0 Å². The van der Waals surface area contributed by atoms with Crippen molar-refractivity contribution in [3.05, 3.63) is 11.4 Å². The molecule has 0 saturated carbocycles. The molecule has 1 heterocycles. The zero-order chi connectivity index (χ0) is 12.5. The Hall–Kier alpha value is -0.920. The van der Waals surface area contributed by atoms with Crippen LogP contribution in [0.5, 0.6) is 0 Å². The van der Waals surface area contributed by atoms with E-state index in [0.717, 1.165) is 4.31 Å². The lowest BCUT2D eigenvalue weighted by Crippen LogP contribution is -2.23. The number of hydrogen-bond donors (Lipinski definition) is 1. The molecule has 0 radical (unpaired) electrons. The van der Waals surface area contributed by atoms with Gasteiger partial charge in [-0.15, -0.1) is 0 Å². The molecule has 1 N–H and O–H groups in total. The molecule has 0 saturated heterocycles. The van der Waals surface area contributed by atoms with Crippen LogP contribution in [0.4, 0.5) is 0 Å². The average Bonchev–Trinajstić information content (AvgIpc) is 2.42. The predicted molar refractivity (Wildman–Crippen MR) is 59.7 cm³/mol. The second kappa shape index (κ2) is 4.52. The Bertz CT molecular complexity index is 476. The van der Waals surface area contributed by atoms with Crippen LogP contribution >= 0.6 is 0 Å². The van der Waals surface area contributed by atoms with Gasteiger partial charge >= 0.3 is 0 Å². The number of aryl methyl sites for hydroxylation is 1. The van der Waals surface area contributed by atoms with Crippen molar-refractivity contribution >= 4 is 10.0 Å². The van der Waals surface area contributed by atoms with E-state index in [0.29, 0.717) is 17.9 Å². The minimum atomic E-state index is -3.47. The summed E-state index contributed by atoms with van der Waals surface area (Å²) >= 11 is 0. The highest BCUT2D eigenvalue weighted by Gasteiger charge is 2.26. The van der Waals surface area contributed by atoms with Crippen LogP contribution in [0.25, 0.3) is 0 Å². The van der Waals surface area contributed by atoms with Crippen LogP contribution in [0.15, 0.2) is 4.90 Å². The Morgan fingerprint density at radius 3 is 2.38 bits per heavy atom. The van der Waals surface area contributed by atoms with Gasteiger partial charge in [-0.05, 0) is 13.8 Å². The fraction of sp³-hybridized carbons (Fsp3) is 0.667. The Kier molecular flexibility index (Phi) is 3.72. The lowest BCUT2D eigenvalue weighted by atomic mass is 10.4. The van der Waals surface area contributed by atoms with E-state index in [-0.39, 0.29) is 11.5 Å². The normalized spacial score (nSPS) is 12.4. The molecule has 0 unspecified atom stereocenters. The molecule has 0 amide bonds. The zero-order valence-corrected chi connectivity index (χ0v) is 10.7. The Morgan fingerprint density at radius 1 is 1.38 bits per heavy atom. The van der Waals surface area contributed by atoms with Gasteiger partial charge in [-0.2, -0.15) is 5.10 Å². The summed E-state index contributed by atoms with van der Waals surface area (Å²) in [5.41, 5.74) is 1.01. The van der Waals surface area contributed by atoms with E-state index in [1.54, 1.807) is 13.8 Å². The average molecular weight is 247 g/mol. The van der Waals surface area contributed by atoms with Crippen LogP contribution in [0, 0.1) is 13.8 Å². The fourth-order valence-corrected chi connectivity index (χ4v) is 2.81. The van der Waals surface area contributed by atoms with E-state index in [1.165, 1.54) is 18.8 Å². The molecule has 0 aromatic carbocycles. The van der Waals surface area contributed by atoms with Gasteiger partial charge in [0.2, 0.25) is 10.0 Å². The second-order valence-electron chi connectivity index (χ2n) is 3.73. The number of hydrogen-bond acceptors (Lipinski definition) is 4. The van der Waals surface area contributed by atoms with E-state index < -0.39 is 10.0 Å². The van der Waals surface area contributed by atoms with Gasteiger partial charge in [0.25, 0.3) is 0 Å². The summed E-state index contributed by atoms with van der Waals surface area (Å²) in [5.74, 6) is 0. The predicted octanol–water partition coefficient (Wildman–Crippen LogP) is -0.257. The second-order valence-corrected chi connectivity index (χ2v) is 5.82. The molecule has 0 atom stereocenters. The first kappa shape index (κ1) is 13.1. The number of aromatic nitrogens is 2. The molecule has 1 rings (SSSR count).